The largest absolute Gasteiger partial charge is 0.481 e. The molecule has 5 bridgehead atoms. The molecule has 0 radical (unpaired) electrons. The quantitative estimate of drug-likeness (QED) is 0.0423. The first-order chi connectivity index (χ1) is 40.1. The molecule has 5 aliphatic carbocycles. The molecule has 3 aliphatic heterocycles. The van der Waals surface area contributed by atoms with E-state index in [1.807, 2.05) is 0 Å². The zero-order valence-corrected chi connectivity index (χ0v) is 47.3. The minimum absolute atomic E-state index is 0.00642. The van der Waals surface area contributed by atoms with E-state index in [0.717, 1.165) is 68.9 Å². The predicted molar refractivity (Wildman–Crippen MR) is 313 cm³/mol. The van der Waals surface area contributed by atoms with Crippen molar-refractivity contribution in [2.24, 2.45) is 29.6 Å². The molecular formula is C71H76O11. The van der Waals surface area contributed by atoms with Gasteiger partial charge in [-0.15, -0.1) is 0 Å². The lowest BCUT2D eigenvalue weighted by molar-refractivity contribution is -0.214. The second kappa shape index (κ2) is 22.6. The maximum absolute atomic E-state index is 15.9. The average Bonchev–Trinajstić information content (AvgIpc) is 2.10. The molecule has 0 saturated heterocycles. The third kappa shape index (κ3) is 9.22. The first-order valence-corrected chi connectivity index (χ1v) is 30.5. The van der Waals surface area contributed by atoms with Gasteiger partial charge in [-0.2, -0.15) is 0 Å². The van der Waals surface area contributed by atoms with Crippen LogP contribution < -0.4 is 10.4 Å². The monoisotopic (exact) mass is 1100 g/mol. The topological polar surface area (TPSA) is 162 Å². The van der Waals surface area contributed by atoms with Crippen LogP contribution in [0.15, 0.2) is 117 Å². The normalized spacial score (nSPS) is 30.9. The molecule has 11 nitrogen and oxygen atoms in total. The number of aliphatic hydroxyl groups is 3. The lowest BCUT2D eigenvalue weighted by Gasteiger charge is -2.56. The van der Waals surface area contributed by atoms with Gasteiger partial charge in [-0.3, -0.25) is 4.79 Å². The Bertz CT molecular complexity index is 3530. The number of hydrogen-bond acceptors (Lipinski definition) is 11. The highest BCUT2D eigenvalue weighted by Crippen LogP contribution is 2.59. The summed E-state index contributed by atoms with van der Waals surface area (Å²) in [7, 11) is 1.52. The number of rotatable bonds is 9. The molecule has 1 aromatic heterocycles. The summed E-state index contributed by atoms with van der Waals surface area (Å²) in [6.07, 6.45) is 18.6. The van der Waals surface area contributed by atoms with Crippen molar-refractivity contribution in [3.63, 3.8) is 0 Å². The molecule has 11 heteroatoms. The molecule has 5 aromatic rings. The fraction of sp³-hybridized carbons (Fsp3) is 0.479. The van der Waals surface area contributed by atoms with Crippen molar-refractivity contribution in [2.45, 2.75) is 157 Å². The highest BCUT2D eigenvalue weighted by Gasteiger charge is 2.65. The molecule has 82 heavy (non-hydrogen) atoms. The maximum Gasteiger partial charge on any atom is 0.340 e. The summed E-state index contributed by atoms with van der Waals surface area (Å²) in [5.74, 6) is 5.52. The lowest BCUT2D eigenvalue weighted by atomic mass is 9.56. The number of esters is 2. The van der Waals surface area contributed by atoms with Crippen molar-refractivity contribution in [2.75, 3.05) is 26.9 Å². The van der Waals surface area contributed by atoms with Crippen LogP contribution in [0.1, 0.15) is 176 Å². The summed E-state index contributed by atoms with van der Waals surface area (Å²) >= 11 is 0. The fourth-order valence-electron chi connectivity index (χ4n) is 17.0. The van der Waals surface area contributed by atoms with Gasteiger partial charge in [-0.1, -0.05) is 129 Å². The molecule has 12 atom stereocenters. The molecule has 0 amide bonds. The highest BCUT2D eigenvalue weighted by atomic mass is 16.6. The second-order valence-electron chi connectivity index (χ2n) is 25.0. The lowest BCUT2D eigenvalue weighted by Crippen LogP contribution is -2.66. The van der Waals surface area contributed by atoms with Gasteiger partial charge < -0.3 is 38.7 Å². The number of hydrogen-bond donors (Lipinski definition) is 3. The Balaban J connectivity index is 0.994. The molecule has 1 spiro atoms. The van der Waals surface area contributed by atoms with Crippen LogP contribution in [-0.4, -0.2) is 65.9 Å². The summed E-state index contributed by atoms with van der Waals surface area (Å²) in [6, 6.07) is 28.5. The average molecular weight is 1110 g/mol. The SMILES string of the molecule is COC[C@@H](CCO)c1c(CO)c2ccc3c(c2oc1=O)[C@H]1OC(=O)C[C@@H]2C[C@@H](c4cccc([C@]56CCCC[C@@H]5C=Cc5ccccc56)c4)CC[C@@H]2c2ccc4cc2CC#C[C@@H]2C=C[C@@H]5CCCC[C@H]5[C@]2(O3)[C@@H]1OC(=O)/C(=C(/C)CO)CC4. The third-order valence-electron chi connectivity index (χ3n) is 20.9. The number of carbonyl (C=O) groups is 2. The molecule has 4 aromatic carbocycles. The van der Waals surface area contributed by atoms with Crippen LogP contribution in [0.3, 0.4) is 0 Å². The summed E-state index contributed by atoms with van der Waals surface area (Å²) < 4.78 is 33.9. The van der Waals surface area contributed by atoms with Crippen LogP contribution in [0, 0.1) is 41.4 Å². The van der Waals surface area contributed by atoms with Gasteiger partial charge in [0.15, 0.2) is 17.8 Å². The summed E-state index contributed by atoms with van der Waals surface area (Å²) in [4.78, 5) is 46.0. The number of benzene rings is 4. The first-order valence-electron chi connectivity index (χ1n) is 30.5. The van der Waals surface area contributed by atoms with E-state index in [-0.39, 0.29) is 90.8 Å². The van der Waals surface area contributed by atoms with E-state index in [4.69, 9.17) is 23.4 Å². The van der Waals surface area contributed by atoms with Gasteiger partial charge in [0.25, 0.3) is 0 Å². The minimum atomic E-state index is -1.40. The van der Waals surface area contributed by atoms with Gasteiger partial charge >= 0.3 is 17.6 Å². The highest BCUT2D eigenvalue weighted by molar-refractivity contribution is 5.91. The van der Waals surface area contributed by atoms with E-state index in [1.165, 1.54) is 47.8 Å². The van der Waals surface area contributed by atoms with E-state index in [0.29, 0.717) is 46.6 Å². The molecule has 426 valence electrons. The van der Waals surface area contributed by atoms with Gasteiger partial charge in [-0.25, -0.2) is 9.59 Å². The molecular weight excluding hydrogens is 1030 g/mol. The van der Waals surface area contributed by atoms with Crippen molar-refractivity contribution in [1.29, 1.82) is 0 Å². The van der Waals surface area contributed by atoms with Gasteiger partial charge in [0, 0.05) is 60.3 Å². The van der Waals surface area contributed by atoms with Gasteiger partial charge in [0.2, 0.25) is 0 Å². The van der Waals surface area contributed by atoms with Crippen molar-refractivity contribution < 1.29 is 48.3 Å². The van der Waals surface area contributed by atoms with E-state index in [2.05, 4.69) is 103 Å². The smallest absolute Gasteiger partial charge is 0.340 e. The minimum Gasteiger partial charge on any atom is -0.481 e. The van der Waals surface area contributed by atoms with Gasteiger partial charge in [0.1, 0.15) is 11.3 Å². The summed E-state index contributed by atoms with van der Waals surface area (Å²) in [5, 5.41) is 32.6. The number of carbonyl (C=O) groups excluding carboxylic acids is 2. The Morgan fingerprint density at radius 3 is 2.59 bits per heavy atom. The van der Waals surface area contributed by atoms with Crippen LogP contribution >= 0.6 is 0 Å². The number of aryl methyl sites for hydroxylation is 1. The van der Waals surface area contributed by atoms with Crippen molar-refractivity contribution >= 4 is 29.0 Å². The number of ether oxygens (including phenoxy) is 4. The molecule has 0 unspecified atom stereocenters. The molecule has 3 saturated carbocycles. The number of fused-ring (bicyclic) bond motifs is 12. The molecule has 3 fully saturated rings. The predicted octanol–water partition coefficient (Wildman–Crippen LogP) is 12.1. The van der Waals surface area contributed by atoms with E-state index in [1.54, 1.807) is 19.1 Å². The van der Waals surface area contributed by atoms with Crippen molar-refractivity contribution in [3.05, 3.63) is 174 Å². The zero-order valence-electron chi connectivity index (χ0n) is 47.3. The molecule has 13 rings (SSSR count). The standard InChI is InChI=1S/C71H76O11/c1-42(39-73)54-27-20-43-21-28-55-48(35-43)14-10-16-52-26-23-45-12-4-6-19-60(45)71(52)67(81-68(54)76)66(64-61(82-71)31-30-57-58(40-74)63(69(77)80-65(57)64)49(32-34-72)41-78-2)79-62(75)38-50-36-47(24-29-56(50)55)46-13-9-17-53(37-46)70-33-8-7-15-51(70)25-22-44-11-3-5-18-59(44)70/h3,5,9,11,13,17-18,21-23,25-26,28,30-31,35,37,45,47,49-52,56,60,66-67,72-74H,4,6-8,12,14-15,19-20,24,27,29,32-34,36,38-41H2,1-2H3/b54-42-/t45-,47-,49+,50-,51+,52+,56-,60+,66+,67+,70-,71-/m0/s1. The second-order valence-corrected chi connectivity index (χ2v) is 25.0. The van der Waals surface area contributed by atoms with E-state index >= 15 is 9.59 Å². The first kappa shape index (κ1) is 54.7. The van der Waals surface area contributed by atoms with E-state index in [9.17, 15) is 20.1 Å². The Morgan fingerprint density at radius 2 is 1.73 bits per heavy atom. The Morgan fingerprint density at radius 1 is 0.866 bits per heavy atom. The zero-order chi connectivity index (χ0) is 56.3. The van der Waals surface area contributed by atoms with E-state index < -0.39 is 53.8 Å². The molecule has 8 aliphatic rings. The van der Waals surface area contributed by atoms with Crippen molar-refractivity contribution in [1.82, 2.24) is 0 Å². The molecule has 4 heterocycles. The maximum atomic E-state index is 15.9. The Kier molecular flexibility index (Phi) is 15.0. The van der Waals surface area contributed by atoms with Gasteiger partial charge in [0.05, 0.1) is 31.3 Å². The van der Waals surface area contributed by atoms with Gasteiger partial charge in [-0.05, 0) is 163 Å². The number of aliphatic hydroxyl groups excluding tert-OH is 3. The Hall–Kier alpha value is -6.55. The third-order valence-corrected chi connectivity index (χ3v) is 20.9. The summed E-state index contributed by atoms with van der Waals surface area (Å²) in [6.45, 7) is 0.694. The van der Waals surface area contributed by atoms with Crippen LogP contribution in [-0.2, 0) is 48.7 Å². The van der Waals surface area contributed by atoms with Crippen molar-refractivity contribution in [3.8, 4) is 17.6 Å². The van der Waals surface area contributed by atoms with Crippen LogP contribution in [0.5, 0.6) is 5.75 Å². The Labute approximate surface area is 480 Å². The molecule has 3 N–H and O–H groups in total. The van der Waals surface area contributed by atoms with Crippen LogP contribution in [0.25, 0.3) is 17.0 Å². The fourth-order valence-corrected chi connectivity index (χ4v) is 17.0. The number of allylic oxidation sites excluding steroid dienone is 2. The van der Waals surface area contributed by atoms with Crippen LogP contribution in [0.2, 0.25) is 0 Å². The van der Waals surface area contributed by atoms with Crippen LogP contribution in [0.4, 0.5) is 0 Å². The number of methoxy groups -OCH3 is 1. The summed E-state index contributed by atoms with van der Waals surface area (Å²) in [5.41, 5.74) is 8.01.